The molecule has 0 saturated heterocycles. The van der Waals surface area contributed by atoms with E-state index in [-0.39, 0.29) is 31.2 Å². The van der Waals surface area contributed by atoms with Gasteiger partial charge in [0.15, 0.2) is 0 Å². The Morgan fingerprint density at radius 3 is 2.60 bits per heavy atom. The zero-order valence-electron chi connectivity index (χ0n) is 11.7. The molecule has 0 saturated carbocycles. The van der Waals surface area contributed by atoms with Crippen molar-refractivity contribution in [3.05, 3.63) is 30.1 Å². The van der Waals surface area contributed by atoms with Crippen LogP contribution in [0.4, 0.5) is 0 Å². The summed E-state index contributed by atoms with van der Waals surface area (Å²) in [5.41, 5.74) is 0.669. The highest BCUT2D eigenvalue weighted by molar-refractivity contribution is 7.89. The molecule has 0 spiro atoms. The molecule has 6 nitrogen and oxygen atoms in total. The lowest BCUT2D eigenvalue weighted by atomic mass is 10.3. The lowest BCUT2D eigenvalue weighted by Gasteiger charge is -2.25. The first kappa shape index (κ1) is 16.6. The van der Waals surface area contributed by atoms with Crippen LogP contribution in [-0.4, -0.2) is 40.6 Å². The first-order valence-corrected chi connectivity index (χ1v) is 8.05. The molecule has 7 heteroatoms. The lowest BCUT2D eigenvalue weighted by Crippen LogP contribution is -2.38. The van der Waals surface area contributed by atoms with Crippen molar-refractivity contribution in [1.29, 1.82) is 0 Å². The van der Waals surface area contributed by atoms with Crippen LogP contribution in [0.2, 0.25) is 0 Å². The van der Waals surface area contributed by atoms with Gasteiger partial charge >= 0.3 is 5.97 Å². The highest BCUT2D eigenvalue weighted by atomic mass is 32.2. The summed E-state index contributed by atoms with van der Waals surface area (Å²) < 4.78 is 25.9. The summed E-state index contributed by atoms with van der Waals surface area (Å²) in [6.45, 7) is 3.78. The molecule has 1 N–H and O–H groups in total. The van der Waals surface area contributed by atoms with Gasteiger partial charge in [-0.2, -0.15) is 4.31 Å². The fourth-order valence-corrected chi connectivity index (χ4v) is 3.49. The van der Waals surface area contributed by atoms with Gasteiger partial charge in [0.05, 0.1) is 18.0 Å². The molecule has 0 amide bonds. The zero-order valence-corrected chi connectivity index (χ0v) is 12.5. The predicted octanol–water partition coefficient (Wildman–Crippen LogP) is 1.49. The Hall–Kier alpha value is -1.47. The third-order valence-electron chi connectivity index (χ3n) is 2.77. The van der Waals surface area contributed by atoms with Gasteiger partial charge in [-0.25, -0.2) is 8.42 Å². The van der Waals surface area contributed by atoms with Gasteiger partial charge in [-0.05, 0) is 32.4 Å². The van der Waals surface area contributed by atoms with Crippen LogP contribution < -0.4 is 0 Å². The molecule has 0 bridgehead atoms. The van der Waals surface area contributed by atoms with Crippen LogP contribution in [0.5, 0.6) is 0 Å². The standard InChI is InChI=1S/C13H20N2O4S/c1-11(2)15(10-12-6-3-4-8-14-12)20(18,19)9-5-7-13(16)17/h3-4,6,8,11H,5,7,9-10H2,1-2H3,(H,16,17). The van der Waals surface area contributed by atoms with Gasteiger partial charge < -0.3 is 5.11 Å². The van der Waals surface area contributed by atoms with E-state index in [4.69, 9.17) is 5.11 Å². The molecular formula is C13H20N2O4S. The molecule has 0 aliphatic rings. The molecule has 1 rings (SSSR count). The number of aliphatic carboxylic acids is 1. The maximum atomic E-state index is 12.3. The molecule has 1 heterocycles. The number of hydrogen-bond acceptors (Lipinski definition) is 4. The summed E-state index contributed by atoms with van der Waals surface area (Å²) in [5.74, 6) is -1.15. The highest BCUT2D eigenvalue weighted by Gasteiger charge is 2.25. The number of sulfonamides is 1. The van der Waals surface area contributed by atoms with Crippen LogP contribution in [0.25, 0.3) is 0 Å². The minimum absolute atomic E-state index is 0.114. The number of rotatable bonds is 8. The van der Waals surface area contributed by atoms with Gasteiger partial charge in [0.2, 0.25) is 10.0 Å². The van der Waals surface area contributed by atoms with E-state index < -0.39 is 16.0 Å². The molecule has 0 atom stereocenters. The highest BCUT2D eigenvalue weighted by Crippen LogP contribution is 2.13. The number of carboxylic acid groups (broad SMARTS) is 1. The molecule has 0 unspecified atom stereocenters. The third kappa shape index (κ3) is 5.26. The van der Waals surface area contributed by atoms with Crippen molar-refractivity contribution in [2.75, 3.05) is 5.75 Å². The van der Waals surface area contributed by atoms with Crippen molar-refractivity contribution < 1.29 is 18.3 Å². The average Bonchev–Trinajstić information content (AvgIpc) is 2.36. The van der Waals surface area contributed by atoms with Crippen molar-refractivity contribution in [2.24, 2.45) is 0 Å². The zero-order chi connectivity index (χ0) is 15.2. The molecule has 1 aromatic heterocycles. The Labute approximate surface area is 119 Å². The maximum Gasteiger partial charge on any atom is 0.303 e. The Morgan fingerprint density at radius 1 is 1.40 bits per heavy atom. The summed E-state index contributed by atoms with van der Waals surface area (Å²) in [5, 5.41) is 8.57. The SMILES string of the molecule is CC(C)N(Cc1ccccn1)S(=O)(=O)CCCC(=O)O. The topological polar surface area (TPSA) is 87.6 Å². The predicted molar refractivity (Wildman–Crippen MR) is 75.6 cm³/mol. The molecule has 0 aromatic carbocycles. The number of aromatic nitrogens is 1. The van der Waals surface area contributed by atoms with Crippen LogP contribution in [-0.2, 0) is 21.4 Å². The van der Waals surface area contributed by atoms with E-state index in [2.05, 4.69) is 4.98 Å². The van der Waals surface area contributed by atoms with E-state index >= 15 is 0 Å². The van der Waals surface area contributed by atoms with Crippen LogP contribution in [0.15, 0.2) is 24.4 Å². The largest absolute Gasteiger partial charge is 0.481 e. The molecule has 0 aliphatic carbocycles. The van der Waals surface area contributed by atoms with Crippen LogP contribution in [0.3, 0.4) is 0 Å². The second-order valence-corrected chi connectivity index (χ2v) is 6.81. The van der Waals surface area contributed by atoms with E-state index in [9.17, 15) is 13.2 Å². The fourth-order valence-electron chi connectivity index (χ4n) is 1.78. The minimum Gasteiger partial charge on any atom is -0.481 e. The van der Waals surface area contributed by atoms with Gasteiger partial charge in [0, 0.05) is 18.7 Å². The van der Waals surface area contributed by atoms with Crippen molar-refractivity contribution in [2.45, 2.75) is 39.3 Å². The number of carboxylic acids is 1. The van der Waals surface area contributed by atoms with E-state index in [1.165, 1.54) is 4.31 Å². The fraction of sp³-hybridized carbons (Fsp3) is 0.538. The van der Waals surface area contributed by atoms with Crippen molar-refractivity contribution in [3.63, 3.8) is 0 Å². The summed E-state index contributed by atoms with van der Waals surface area (Å²) in [6.07, 6.45) is 1.59. The van der Waals surface area contributed by atoms with Crippen LogP contribution >= 0.6 is 0 Å². The number of carbonyl (C=O) groups is 1. The molecule has 0 fully saturated rings. The number of nitrogens with zero attached hydrogens (tertiary/aromatic N) is 2. The van der Waals surface area contributed by atoms with E-state index in [1.54, 1.807) is 38.2 Å². The quantitative estimate of drug-likeness (QED) is 0.786. The molecule has 1 aromatic rings. The summed E-state index contributed by atoms with van der Waals surface area (Å²) in [7, 11) is -3.49. The lowest BCUT2D eigenvalue weighted by molar-refractivity contribution is -0.137. The molecule has 20 heavy (non-hydrogen) atoms. The van der Waals surface area contributed by atoms with Crippen molar-refractivity contribution in [1.82, 2.24) is 9.29 Å². The Kier molecular flexibility index (Phi) is 6.09. The van der Waals surface area contributed by atoms with Gasteiger partial charge in [0.1, 0.15) is 0 Å². The Balaban J connectivity index is 2.76. The normalized spacial score (nSPS) is 12.0. The summed E-state index contributed by atoms with van der Waals surface area (Å²) >= 11 is 0. The van der Waals surface area contributed by atoms with Crippen molar-refractivity contribution >= 4 is 16.0 Å². The van der Waals surface area contributed by atoms with Crippen LogP contribution in [0.1, 0.15) is 32.4 Å². The summed E-state index contributed by atoms with van der Waals surface area (Å²) in [6, 6.07) is 5.14. The molecular weight excluding hydrogens is 280 g/mol. The monoisotopic (exact) mass is 300 g/mol. The van der Waals surface area contributed by atoms with Gasteiger partial charge in [-0.15, -0.1) is 0 Å². The number of pyridine rings is 1. The number of hydrogen-bond donors (Lipinski definition) is 1. The second-order valence-electron chi connectivity index (χ2n) is 4.77. The van der Waals surface area contributed by atoms with E-state index in [0.29, 0.717) is 5.69 Å². The van der Waals surface area contributed by atoms with E-state index in [0.717, 1.165) is 0 Å². The molecule has 0 radical (unpaired) electrons. The van der Waals surface area contributed by atoms with Gasteiger partial charge in [-0.1, -0.05) is 6.07 Å². The van der Waals surface area contributed by atoms with Crippen LogP contribution in [0, 0.1) is 0 Å². The average molecular weight is 300 g/mol. The van der Waals surface area contributed by atoms with Crippen molar-refractivity contribution in [3.8, 4) is 0 Å². The second kappa shape index (κ2) is 7.35. The van der Waals surface area contributed by atoms with Gasteiger partial charge in [-0.3, -0.25) is 9.78 Å². The minimum atomic E-state index is -3.49. The van der Waals surface area contributed by atoms with Gasteiger partial charge in [0.25, 0.3) is 0 Å². The smallest absolute Gasteiger partial charge is 0.303 e. The third-order valence-corrected chi connectivity index (χ3v) is 4.84. The Bertz CT molecular complexity index is 529. The molecule has 0 aliphatic heterocycles. The molecule has 112 valence electrons. The Morgan fingerprint density at radius 2 is 2.10 bits per heavy atom. The first-order valence-electron chi connectivity index (χ1n) is 6.44. The van der Waals surface area contributed by atoms with E-state index in [1.807, 2.05) is 0 Å². The maximum absolute atomic E-state index is 12.3. The first-order chi connectivity index (χ1) is 9.33. The summed E-state index contributed by atoms with van der Waals surface area (Å²) in [4.78, 5) is 14.6.